The summed E-state index contributed by atoms with van der Waals surface area (Å²) < 4.78 is 0. The van der Waals surface area contributed by atoms with E-state index in [1.165, 1.54) is 11.3 Å². The number of aromatic nitrogens is 3. The molecule has 1 amide bonds. The monoisotopic (exact) mass is 298 g/mol. The fourth-order valence-electron chi connectivity index (χ4n) is 2.08. The molecule has 2 heterocycles. The summed E-state index contributed by atoms with van der Waals surface area (Å²) >= 11 is 1.42. The Kier molecular flexibility index (Phi) is 3.87. The van der Waals surface area contributed by atoms with Crippen LogP contribution in [0.25, 0.3) is 10.9 Å². The standard InChI is InChI=1S/C15H14N4OS/c1-2-5-13-18-19-15(21-13)17-14(20)11-8-9-16-12-7-4-3-6-10(11)12/h3-4,6-9H,2,5H2,1H3,(H,17,19,20). The first-order valence-electron chi connectivity index (χ1n) is 6.75. The first-order valence-corrected chi connectivity index (χ1v) is 7.57. The van der Waals surface area contributed by atoms with Gasteiger partial charge in [-0.05, 0) is 18.6 Å². The summed E-state index contributed by atoms with van der Waals surface area (Å²) in [6.45, 7) is 2.09. The van der Waals surface area contributed by atoms with Gasteiger partial charge in [-0.2, -0.15) is 0 Å². The highest BCUT2D eigenvalue weighted by atomic mass is 32.1. The van der Waals surface area contributed by atoms with Crippen molar-refractivity contribution in [1.82, 2.24) is 15.2 Å². The summed E-state index contributed by atoms with van der Waals surface area (Å²) in [6, 6.07) is 9.28. The number of fused-ring (bicyclic) bond motifs is 1. The zero-order valence-electron chi connectivity index (χ0n) is 11.5. The van der Waals surface area contributed by atoms with E-state index in [4.69, 9.17) is 0 Å². The quantitative estimate of drug-likeness (QED) is 0.802. The Labute approximate surface area is 126 Å². The highest BCUT2D eigenvalue weighted by Gasteiger charge is 2.13. The van der Waals surface area contributed by atoms with Gasteiger partial charge in [0.15, 0.2) is 0 Å². The Bertz CT molecular complexity index is 779. The highest BCUT2D eigenvalue weighted by Crippen LogP contribution is 2.20. The fourth-order valence-corrected chi connectivity index (χ4v) is 2.91. The maximum atomic E-state index is 12.4. The van der Waals surface area contributed by atoms with Gasteiger partial charge in [-0.1, -0.05) is 36.5 Å². The number of hydrogen-bond donors (Lipinski definition) is 1. The Morgan fingerprint density at radius 3 is 2.95 bits per heavy atom. The molecule has 0 saturated heterocycles. The first kappa shape index (κ1) is 13.6. The molecule has 5 nitrogen and oxygen atoms in total. The van der Waals surface area contributed by atoms with Crippen LogP contribution in [0.15, 0.2) is 36.5 Å². The van der Waals surface area contributed by atoms with Gasteiger partial charge < -0.3 is 0 Å². The minimum Gasteiger partial charge on any atom is -0.296 e. The minimum atomic E-state index is -0.187. The number of hydrogen-bond acceptors (Lipinski definition) is 5. The number of nitrogens with one attached hydrogen (secondary N) is 1. The number of anilines is 1. The second-order valence-corrected chi connectivity index (χ2v) is 5.64. The molecule has 3 rings (SSSR count). The second-order valence-electron chi connectivity index (χ2n) is 4.58. The molecule has 0 unspecified atom stereocenters. The van der Waals surface area contributed by atoms with E-state index in [0.29, 0.717) is 10.7 Å². The Morgan fingerprint density at radius 2 is 2.10 bits per heavy atom. The summed E-state index contributed by atoms with van der Waals surface area (Å²) in [4.78, 5) is 16.6. The van der Waals surface area contributed by atoms with Crippen LogP contribution in [-0.2, 0) is 6.42 Å². The summed E-state index contributed by atoms with van der Waals surface area (Å²) in [5.41, 5.74) is 1.39. The molecule has 1 aromatic carbocycles. The summed E-state index contributed by atoms with van der Waals surface area (Å²) in [5, 5.41) is 13.2. The van der Waals surface area contributed by atoms with Crippen molar-refractivity contribution >= 4 is 33.3 Å². The van der Waals surface area contributed by atoms with Crippen LogP contribution in [-0.4, -0.2) is 21.1 Å². The number of benzene rings is 1. The molecule has 6 heteroatoms. The van der Waals surface area contributed by atoms with Gasteiger partial charge in [0.25, 0.3) is 5.91 Å². The molecule has 0 atom stereocenters. The molecule has 0 fully saturated rings. The molecular formula is C15H14N4OS. The zero-order chi connectivity index (χ0) is 14.7. The third-order valence-electron chi connectivity index (χ3n) is 3.04. The van der Waals surface area contributed by atoms with E-state index >= 15 is 0 Å². The van der Waals surface area contributed by atoms with E-state index in [-0.39, 0.29) is 5.91 Å². The maximum absolute atomic E-state index is 12.4. The number of pyridine rings is 1. The van der Waals surface area contributed by atoms with Crippen molar-refractivity contribution in [3.8, 4) is 0 Å². The lowest BCUT2D eigenvalue weighted by atomic mass is 10.1. The number of carbonyl (C=O) groups excluding carboxylic acids is 1. The largest absolute Gasteiger partial charge is 0.296 e. The molecule has 21 heavy (non-hydrogen) atoms. The van der Waals surface area contributed by atoms with Crippen molar-refractivity contribution in [2.24, 2.45) is 0 Å². The average molecular weight is 298 g/mol. The molecule has 0 aliphatic carbocycles. The molecule has 1 N–H and O–H groups in total. The maximum Gasteiger partial charge on any atom is 0.258 e. The van der Waals surface area contributed by atoms with E-state index < -0.39 is 0 Å². The number of amides is 1. The van der Waals surface area contributed by atoms with Crippen LogP contribution in [0.5, 0.6) is 0 Å². The lowest BCUT2D eigenvalue weighted by Gasteiger charge is -2.04. The average Bonchev–Trinajstić information content (AvgIpc) is 2.94. The van der Waals surface area contributed by atoms with Crippen molar-refractivity contribution in [2.75, 3.05) is 5.32 Å². The van der Waals surface area contributed by atoms with Crippen molar-refractivity contribution < 1.29 is 4.79 Å². The summed E-state index contributed by atoms with van der Waals surface area (Å²) in [7, 11) is 0. The van der Waals surface area contributed by atoms with Crippen LogP contribution < -0.4 is 5.32 Å². The minimum absolute atomic E-state index is 0.187. The third kappa shape index (κ3) is 2.90. The molecule has 0 aliphatic rings. The number of nitrogens with zero attached hydrogens (tertiary/aromatic N) is 3. The topological polar surface area (TPSA) is 67.8 Å². The number of rotatable bonds is 4. The lowest BCUT2D eigenvalue weighted by molar-refractivity contribution is 0.102. The predicted molar refractivity (Wildman–Crippen MR) is 83.6 cm³/mol. The van der Waals surface area contributed by atoms with E-state index in [9.17, 15) is 4.79 Å². The summed E-state index contributed by atoms with van der Waals surface area (Å²) in [6.07, 6.45) is 3.53. The highest BCUT2D eigenvalue weighted by molar-refractivity contribution is 7.15. The normalized spacial score (nSPS) is 10.7. The molecule has 2 aromatic heterocycles. The molecule has 0 aliphatic heterocycles. The van der Waals surface area contributed by atoms with Crippen molar-refractivity contribution in [3.63, 3.8) is 0 Å². The van der Waals surface area contributed by atoms with Gasteiger partial charge in [-0.25, -0.2) is 0 Å². The Morgan fingerprint density at radius 1 is 1.24 bits per heavy atom. The molecule has 3 aromatic rings. The Hall–Kier alpha value is -2.34. The van der Waals surface area contributed by atoms with Crippen LogP contribution in [0.2, 0.25) is 0 Å². The van der Waals surface area contributed by atoms with Crippen LogP contribution in [0.1, 0.15) is 28.7 Å². The molecule has 106 valence electrons. The first-order chi connectivity index (χ1) is 10.3. The van der Waals surface area contributed by atoms with Crippen molar-refractivity contribution in [2.45, 2.75) is 19.8 Å². The summed E-state index contributed by atoms with van der Waals surface area (Å²) in [5.74, 6) is -0.187. The van der Waals surface area contributed by atoms with E-state index in [0.717, 1.165) is 28.8 Å². The molecule has 0 bridgehead atoms. The van der Waals surface area contributed by atoms with Gasteiger partial charge in [0.2, 0.25) is 5.13 Å². The van der Waals surface area contributed by atoms with Gasteiger partial charge in [-0.3, -0.25) is 15.1 Å². The molecule has 0 saturated carbocycles. The second kappa shape index (κ2) is 5.97. The van der Waals surface area contributed by atoms with Crippen LogP contribution in [0.3, 0.4) is 0 Å². The van der Waals surface area contributed by atoms with Gasteiger partial charge >= 0.3 is 0 Å². The Balaban J connectivity index is 1.86. The third-order valence-corrected chi connectivity index (χ3v) is 3.94. The van der Waals surface area contributed by atoms with Crippen LogP contribution in [0.4, 0.5) is 5.13 Å². The smallest absolute Gasteiger partial charge is 0.258 e. The number of para-hydroxylation sites is 1. The van der Waals surface area contributed by atoms with Gasteiger partial charge in [-0.15, -0.1) is 10.2 Å². The van der Waals surface area contributed by atoms with Crippen LogP contribution in [0, 0.1) is 0 Å². The van der Waals surface area contributed by atoms with Crippen LogP contribution >= 0.6 is 11.3 Å². The van der Waals surface area contributed by atoms with E-state index in [1.54, 1.807) is 12.3 Å². The molecule has 0 radical (unpaired) electrons. The van der Waals surface area contributed by atoms with Crippen molar-refractivity contribution in [3.05, 3.63) is 47.1 Å². The van der Waals surface area contributed by atoms with E-state index in [1.807, 2.05) is 24.3 Å². The predicted octanol–water partition coefficient (Wildman–Crippen LogP) is 3.29. The van der Waals surface area contributed by atoms with E-state index in [2.05, 4.69) is 27.4 Å². The fraction of sp³-hybridized carbons (Fsp3) is 0.200. The van der Waals surface area contributed by atoms with Crippen molar-refractivity contribution in [1.29, 1.82) is 0 Å². The zero-order valence-corrected chi connectivity index (χ0v) is 12.4. The number of aryl methyl sites for hydroxylation is 1. The van der Waals surface area contributed by atoms with Gasteiger partial charge in [0, 0.05) is 18.0 Å². The van der Waals surface area contributed by atoms with Gasteiger partial charge in [0.1, 0.15) is 5.01 Å². The van der Waals surface area contributed by atoms with Gasteiger partial charge in [0.05, 0.1) is 11.1 Å². The molecular weight excluding hydrogens is 284 g/mol. The lowest BCUT2D eigenvalue weighted by Crippen LogP contribution is -2.12. The molecule has 0 spiro atoms. The number of carbonyl (C=O) groups is 1. The SMILES string of the molecule is CCCc1nnc(NC(=O)c2ccnc3ccccc23)s1.